The maximum Gasteiger partial charge on any atom is 0.408 e. The van der Waals surface area contributed by atoms with Crippen LogP contribution in [0.4, 0.5) is 23.4 Å². The molecule has 1 saturated heterocycles. The Morgan fingerprint density at radius 1 is 1.42 bits per heavy atom. The number of aliphatic imine (C=N–C) groups is 1. The summed E-state index contributed by atoms with van der Waals surface area (Å²) in [7, 11) is 0. The minimum atomic E-state index is -4.56. The predicted octanol–water partition coefficient (Wildman–Crippen LogP) is 3.67. The number of carbonyl (C=O) groups is 1. The van der Waals surface area contributed by atoms with Crippen molar-refractivity contribution in [1.29, 1.82) is 0 Å². The second-order valence-corrected chi connectivity index (χ2v) is 7.74. The number of aliphatic hydroxyl groups excluding tert-OH is 1. The highest BCUT2D eigenvalue weighted by Crippen LogP contribution is 2.28. The molecule has 0 aliphatic carbocycles. The predicted molar refractivity (Wildman–Crippen MR) is 115 cm³/mol. The van der Waals surface area contributed by atoms with Crippen molar-refractivity contribution >= 4 is 29.3 Å². The number of nitrogens with zero attached hydrogens (tertiary/aromatic N) is 5. The molecule has 3 heterocycles. The lowest BCUT2D eigenvalue weighted by atomic mass is 9.99. The topological polar surface area (TPSA) is 95.6 Å². The SMILES string of the molecule is C=N/C(=C\C=C(/C)F)Nc1nn(CC(F)(F)F)c2cc(C(=O)N3CCC[C@H](CO)C3)ncc12. The lowest BCUT2D eigenvalue weighted by Crippen LogP contribution is -2.41. The first-order valence-corrected chi connectivity index (χ1v) is 10.2. The monoisotopic (exact) mass is 468 g/mol. The second kappa shape index (κ2) is 10.1. The van der Waals surface area contributed by atoms with E-state index in [1.807, 2.05) is 0 Å². The molecule has 1 amide bonds. The number of aliphatic hydroxyl groups is 1. The molecule has 0 spiro atoms. The van der Waals surface area contributed by atoms with E-state index in [2.05, 4.69) is 27.1 Å². The first-order valence-electron chi connectivity index (χ1n) is 10.2. The third kappa shape index (κ3) is 6.15. The Morgan fingerprint density at radius 2 is 2.18 bits per heavy atom. The molecule has 1 aliphatic heterocycles. The summed E-state index contributed by atoms with van der Waals surface area (Å²) in [5, 5.41) is 16.3. The first-order chi connectivity index (χ1) is 15.6. The Bertz CT molecular complexity index is 1090. The van der Waals surface area contributed by atoms with Gasteiger partial charge >= 0.3 is 6.18 Å². The van der Waals surface area contributed by atoms with Crippen LogP contribution in [0.25, 0.3) is 10.9 Å². The van der Waals surface area contributed by atoms with Crippen molar-refractivity contribution in [2.45, 2.75) is 32.5 Å². The quantitative estimate of drug-likeness (QED) is 0.367. The number of fused-ring (bicyclic) bond motifs is 1. The van der Waals surface area contributed by atoms with E-state index in [0.717, 1.165) is 23.6 Å². The number of aromatic nitrogens is 3. The van der Waals surface area contributed by atoms with E-state index in [1.165, 1.54) is 30.2 Å². The minimum Gasteiger partial charge on any atom is -0.396 e. The van der Waals surface area contributed by atoms with Crippen molar-refractivity contribution in [2.75, 3.05) is 25.0 Å². The van der Waals surface area contributed by atoms with Gasteiger partial charge in [0, 0.05) is 25.9 Å². The molecule has 3 rings (SSSR count). The van der Waals surface area contributed by atoms with Crippen LogP contribution in [-0.2, 0) is 6.54 Å². The summed E-state index contributed by atoms with van der Waals surface area (Å²) >= 11 is 0. The molecular weight excluding hydrogens is 444 g/mol. The number of nitrogens with one attached hydrogen (secondary N) is 1. The fraction of sp³-hybridized carbons (Fsp3) is 0.429. The zero-order chi connectivity index (χ0) is 24.2. The van der Waals surface area contributed by atoms with Gasteiger partial charge in [-0.05, 0) is 50.6 Å². The summed E-state index contributed by atoms with van der Waals surface area (Å²) in [4.78, 5) is 22.3. The lowest BCUT2D eigenvalue weighted by molar-refractivity contribution is -0.141. The van der Waals surface area contributed by atoms with Gasteiger partial charge in [-0.1, -0.05) is 0 Å². The van der Waals surface area contributed by atoms with Crippen LogP contribution in [0.5, 0.6) is 0 Å². The third-order valence-electron chi connectivity index (χ3n) is 5.14. The number of alkyl halides is 3. The molecule has 0 bridgehead atoms. The minimum absolute atomic E-state index is 0.00243. The Balaban J connectivity index is 1.99. The normalized spacial score (nSPS) is 18.0. The number of likely N-dealkylation sites (tertiary alicyclic amines) is 1. The summed E-state index contributed by atoms with van der Waals surface area (Å²) in [6.45, 7) is 3.97. The molecule has 8 nitrogen and oxygen atoms in total. The van der Waals surface area contributed by atoms with Crippen molar-refractivity contribution in [1.82, 2.24) is 19.7 Å². The van der Waals surface area contributed by atoms with Crippen LogP contribution in [0.2, 0.25) is 0 Å². The fourth-order valence-electron chi connectivity index (χ4n) is 3.58. The molecule has 2 aromatic rings. The molecule has 33 heavy (non-hydrogen) atoms. The van der Waals surface area contributed by atoms with Crippen LogP contribution in [0.15, 0.2) is 41.1 Å². The number of carbonyl (C=O) groups excluding carboxylic acids is 1. The van der Waals surface area contributed by atoms with Gasteiger partial charge in [0.2, 0.25) is 0 Å². The average Bonchev–Trinajstić information content (AvgIpc) is 3.10. The third-order valence-corrected chi connectivity index (χ3v) is 5.14. The molecule has 1 aliphatic rings. The molecule has 2 aromatic heterocycles. The van der Waals surface area contributed by atoms with Crippen LogP contribution >= 0.6 is 0 Å². The van der Waals surface area contributed by atoms with E-state index in [1.54, 1.807) is 0 Å². The average molecular weight is 468 g/mol. The summed E-state index contributed by atoms with van der Waals surface area (Å²) in [5.41, 5.74) is 0.0223. The van der Waals surface area contributed by atoms with Gasteiger partial charge < -0.3 is 15.3 Å². The first kappa shape index (κ1) is 24.4. The molecule has 0 aromatic carbocycles. The number of hydrogen-bond donors (Lipinski definition) is 2. The van der Waals surface area contributed by atoms with Crippen LogP contribution in [0, 0.1) is 5.92 Å². The van der Waals surface area contributed by atoms with E-state index in [9.17, 15) is 27.5 Å². The summed E-state index contributed by atoms with van der Waals surface area (Å²) in [5.74, 6) is -0.911. The maximum atomic E-state index is 13.2. The van der Waals surface area contributed by atoms with Crippen LogP contribution in [-0.4, -0.2) is 63.3 Å². The van der Waals surface area contributed by atoms with E-state index >= 15 is 0 Å². The highest BCUT2D eigenvalue weighted by Gasteiger charge is 2.31. The highest BCUT2D eigenvalue weighted by molar-refractivity contribution is 5.98. The largest absolute Gasteiger partial charge is 0.408 e. The van der Waals surface area contributed by atoms with Gasteiger partial charge in [-0.2, -0.15) is 18.3 Å². The molecule has 1 atom stereocenters. The molecule has 178 valence electrons. The highest BCUT2D eigenvalue weighted by atomic mass is 19.4. The van der Waals surface area contributed by atoms with Gasteiger partial charge in [0.15, 0.2) is 5.82 Å². The molecule has 0 saturated carbocycles. The van der Waals surface area contributed by atoms with Gasteiger partial charge in [-0.3, -0.25) is 14.5 Å². The number of hydrogen-bond acceptors (Lipinski definition) is 6. The summed E-state index contributed by atoms with van der Waals surface area (Å²) < 4.78 is 53.2. The van der Waals surface area contributed by atoms with Crippen molar-refractivity contribution < 1.29 is 27.5 Å². The maximum absolute atomic E-state index is 13.2. The number of allylic oxidation sites excluding steroid dienone is 3. The number of rotatable bonds is 7. The Morgan fingerprint density at radius 3 is 2.82 bits per heavy atom. The number of pyridine rings is 1. The van der Waals surface area contributed by atoms with Crippen molar-refractivity contribution in [3.8, 4) is 0 Å². The number of anilines is 1. The van der Waals surface area contributed by atoms with Crippen LogP contribution in [0.1, 0.15) is 30.3 Å². The molecule has 12 heteroatoms. The second-order valence-electron chi connectivity index (χ2n) is 7.74. The molecule has 1 fully saturated rings. The molecular formula is C21H24F4N6O2. The van der Waals surface area contributed by atoms with Crippen molar-refractivity contribution in [3.63, 3.8) is 0 Å². The lowest BCUT2D eigenvalue weighted by Gasteiger charge is -2.31. The van der Waals surface area contributed by atoms with Crippen molar-refractivity contribution in [2.24, 2.45) is 10.9 Å². The standard InChI is InChI=1S/C21H24F4N6O2/c1-13(22)5-6-18(26-2)28-19-15-9-27-16(8-17(15)31(29-19)12-21(23,24)25)20(33)30-7-3-4-14(10-30)11-32/h5-6,8-9,14,32H,2-4,7,10-12H2,1H3,(H,28,29)/b13-5+,18-6+/t14-/m0/s1. The van der Waals surface area contributed by atoms with Gasteiger partial charge in [-0.15, -0.1) is 0 Å². The summed E-state index contributed by atoms with van der Waals surface area (Å²) in [6.07, 6.45) is 0.582. The number of piperidine rings is 1. The van der Waals surface area contributed by atoms with E-state index in [-0.39, 0.29) is 40.8 Å². The number of amides is 1. The van der Waals surface area contributed by atoms with Crippen LogP contribution < -0.4 is 5.32 Å². The van der Waals surface area contributed by atoms with E-state index in [4.69, 9.17) is 0 Å². The Labute approximate surface area is 187 Å². The molecule has 2 N–H and O–H groups in total. The zero-order valence-corrected chi connectivity index (χ0v) is 17.9. The summed E-state index contributed by atoms with van der Waals surface area (Å²) in [6, 6.07) is 1.26. The Hall–Kier alpha value is -3.28. The van der Waals surface area contributed by atoms with Gasteiger partial charge in [0.1, 0.15) is 18.1 Å². The molecule has 0 unspecified atom stereocenters. The smallest absolute Gasteiger partial charge is 0.396 e. The van der Waals surface area contributed by atoms with Gasteiger partial charge in [0.25, 0.3) is 5.91 Å². The zero-order valence-electron chi connectivity index (χ0n) is 17.9. The van der Waals surface area contributed by atoms with Gasteiger partial charge in [0.05, 0.1) is 16.7 Å². The number of halogens is 4. The van der Waals surface area contributed by atoms with Gasteiger partial charge in [-0.25, -0.2) is 9.38 Å². The Kier molecular flexibility index (Phi) is 7.46. The van der Waals surface area contributed by atoms with E-state index < -0.39 is 24.5 Å². The van der Waals surface area contributed by atoms with Crippen molar-refractivity contribution in [3.05, 3.63) is 41.8 Å². The van der Waals surface area contributed by atoms with E-state index in [0.29, 0.717) is 13.1 Å². The molecule has 0 radical (unpaired) electrons. The van der Waals surface area contributed by atoms with Crippen LogP contribution in [0.3, 0.4) is 0 Å². The fourth-order valence-corrected chi connectivity index (χ4v) is 3.58.